The van der Waals surface area contributed by atoms with Crippen LogP contribution in [0.25, 0.3) is 0 Å². The van der Waals surface area contributed by atoms with Gasteiger partial charge < -0.3 is 0 Å². The predicted molar refractivity (Wildman–Crippen MR) is 88.8 cm³/mol. The maximum atomic E-state index is 11.7. The largest absolute Gasteiger partial charge is 0.290 e. The lowest BCUT2D eigenvalue weighted by Gasteiger charge is -2.54. The summed E-state index contributed by atoms with van der Waals surface area (Å²) < 4.78 is 0. The van der Waals surface area contributed by atoms with Crippen LogP contribution in [0, 0.1) is 46.8 Å². The van der Waals surface area contributed by atoms with E-state index in [-0.39, 0.29) is 11.2 Å². The molecule has 0 unspecified atom stereocenters. The van der Waals surface area contributed by atoms with Crippen molar-refractivity contribution in [3.8, 4) is 12.3 Å². The molecule has 6 atom stereocenters. The minimum Gasteiger partial charge on any atom is -0.290 e. The van der Waals surface area contributed by atoms with Crippen LogP contribution in [0.4, 0.5) is 0 Å². The number of carbonyl (C=O) groups excluding carboxylic acids is 1. The fourth-order valence-electron chi connectivity index (χ4n) is 5.93. The summed E-state index contributed by atoms with van der Waals surface area (Å²) in [5, 5.41) is 0. The molecule has 1 nitrogen and oxygen atoms in total. The maximum absolute atomic E-state index is 11.7. The van der Waals surface area contributed by atoms with Gasteiger partial charge in [-0.1, -0.05) is 32.1 Å². The Morgan fingerprint density at radius 3 is 2.77 bits per heavy atom. The van der Waals surface area contributed by atoms with E-state index >= 15 is 0 Å². The van der Waals surface area contributed by atoms with Gasteiger partial charge in [0.25, 0.3) is 0 Å². The van der Waals surface area contributed by atoms with Gasteiger partial charge in [0.05, 0.1) is 0 Å². The Labute approximate surface area is 133 Å². The average molecular weight is 292 g/mol. The van der Waals surface area contributed by atoms with E-state index in [9.17, 15) is 4.79 Å². The molecule has 0 heterocycles. The first-order chi connectivity index (χ1) is 10.5. The lowest BCUT2D eigenvalue weighted by atomic mass is 9.49. The highest BCUT2D eigenvalue weighted by molar-refractivity contribution is 6.01. The van der Waals surface area contributed by atoms with Crippen LogP contribution in [-0.2, 0) is 4.79 Å². The molecule has 0 aromatic rings. The van der Waals surface area contributed by atoms with Crippen molar-refractivity contribution in [3.05, 3.63) is 36.0 Å². The van der Waals surface area contributed by atoms with Gasteiger partial charge in [0.1, 0.15) is 0 Å². The summed E-state index contributed by atoms with van der Waals surface area (Å²) in [5.74, 6) is 5.57. The van der Waals surface area contributed by atoms with Crippen LogP contribution in [0.15, 0.2) is 36.0 Å². The maximum Gasteiger partial charge on any atom is 0.178 e. The normalized spacial score (nSPS) is 49.0. The lowest BCUT2D eigenvalue weighted by molar-refractivity contribution is -0.110. The highest BCUT2D eigenvalue weighted by Gasteiger charge is 2.57. The standard InChI is InChI=1S/C21H24O/c1-4-14-6-8-18-17-7-5-15-13-16(22)9-11-21(15,3)19(17)10-12-20(14,18)2/h1,5,7,9,11,13-14,17-19H,6,8,10,12H2,2-3H3/t14-,17-,18-,19-,20+,21-/m0/s1. The molecule has 0 N–H and O–H groups in total. The lowest BCUT2D eigenvalue weighted by Crippen LogP contribution is -2.47. The number of carbonyl (C=O) groups is 1. The number of terminal acetylenes is 1. The number of fused-ring (bicyclic) bond motifs is 5. The smallest absolute Gasteiger partial charge is 0.178 e. The Bertz CT molecular complexity index is 658. The summed E-state index contributed by atoms with van der Waals surface area (Å²) in [6, 6.07) is 0. The number of rotatable bonds is 0. The molecule has 114 valence electrons. The first kappa shape index (κ1) is 14.1. The van der Waals surface area contributed by atoms with Crippen LogP contribution in [0.1, 0.15) is 39.5 Å². The molecule has 0 aromatic carbocycles. The Balaban J connectivity index is 1.76. The highest BCUT2D eigenvalue weighted by atomic mass is 16.1. The van der Waals surface area contributed by atoms with Crippen molar-refractivity contribution in [1.29, 1.82) is 0 Å². The molecule has 2 saturated carbocycles. The SMILES string of the molecule is C#C[C@H]1CC[C@H]2[C@@H]3C=CC4=CC(=O)C=C[C@]4(C)[C@H]3CC[C@]12C. The first-order valence-electron chi connectivity index (χ1n) is 8.59. The van der Waals surface area contributed by atoms with Crippen LogP contribution in [0.3, 0.4) is 0 Å². The molecule has 0 aromatic heterocycles. The van der Waals surface area contributed by atoms with Crippen molar-refractivity contribution in [2.24, 2.45) is 34.5 Å². The molecule has 0 aliphatic heterocycles. The Morgan fingerprint density at radius 2 is 2.00 bits per heavy atom. The molecule has 0 saturated heterocycles. The van der Waals surface area contributed by atoms with Gasteiger partial charge in [0.15, 0.2) is 5.78 Å². The summed E-state index contributed by atoms with van der Waals surface area (Å²) >= 11 is 0. The Kier molecular flexibility index (Phi) is 2.86. The van der Waals surface area contributed by atoms with Crippen molar-refractivity contribution in [3.63, 3.8) is 0 Å². The van der Waals surface area contributed by atoms with E-state index in [1.165, 1.54) is 31.3 Å². The molecule has 2 fully saturated rings. The first-order valence-corrected chi connectivity index (χ1v) is 8.59. The van der Waals surface area contributed by atoms with Gasteiger partial charge in [-0.25, -0.2) is 0 Å². The van der Waals surface area contributed by atoms with Gasteiger partial charge in [-0.05, 0) is 66.6 Å². The summed E-state index contributed by atoms with van der Waals surface area (Å²) in [6.07, 6.45) is 21.1. The average Bonchev–Trinajstić information content (AvgIpc) is 2.84. The fourth-order valence-corrected chi connectivity index (χ4v) is 5.93. The van der Waals surface area contributed by atoms with Gasteiger partial charge in [-0.2, -0.15) is 0 Å². The zero-order chi connectivity index (χ0) is 15.5. The third kappa shape index (κ3) is 1.64. The van der Waals surface area contributed by atoms with Crippen LogP contribution in [-0.4, -0.2) is 5.78 Å². The molecule has 1 heteroatoms. The van der Waals surface area contributed by atoms with E-state index in [1.54, 1.807) is 6.08 Å². The van der Waals surface area contributed by atoms with Crippen molar-refractivity contribution in [2.45, 2.75) is 39.5 Å². The van der Waals surface area contributed by atoms with Crippen molar-refractivity contribution >= 4 is 5.78 Å². The third-order valence-corrected chi connectivity index (χ3v) is 7.32. The Hall–Kier alpha value is -1.55. The molecule has 22 heavy (non-hydrogen) atoms. The molecular weight excluding hydrogens is 268 g/mol. The second-order valence-corrected chi connectivity index (χ2v) is 8.11. The summed E-state index contributed by atoms with van der Waals surface area (Å²) in [6.45, 7) is 4.74. The molecule has 0 bridgehead atoms. The van der Waals surface area contributed by atoms with Crippen LogP contribution < -0.4 is 0 Å². The van der Waals surface area contributed by atoms with Crippen LogP contribution >= 0.6 is 0 Å². The quantitative estimate of drug-likeness (QED) is 0.608. The number of hydrogen-bond donors (Lipinski definition) is 0. The molecule has 0 radical (unpaired) electrons. The minimum absolute atomic E-state index is 0.0306. The number of hydrogen-bond acceptors (Lipinski definition) is 1. The number of ketones is 1. The third-order valence-electron chi connectivity index (χ3n) is 7.32. The summed E-state index contributed by atoms with van der Waals surface area (Å²) in [4.78, 5) is 11.7. The zero-order valence-electron chi connectivity index (χ0n) is 13.5. The van der Waals surface area contributed by atoms with E-state index in [4.69, 9.17) is 6.42 Å². The topological polar surface area (TPSA) is 17.1 Å². The van der Waals surface area contributed by atoms with Crippen LogP contribution in [0.2, 0.25) is 0 Å². The predicted octanol–water partition coefficient (Wildman–Crippen LogP) is 4.32. The minimum atomic E-state index is 0.0306. The second-order valence-electron chi connectivity index (χ2n) is 8.11. The van der Waals surface area contributed by atoms with E-state index in [2.05, 4.69) is 38.0 Å². The monoisotopic (exact) mass is 292 g/mol. The molecule has 4 aliphatic rings. The summed E-state index contributed by atoms with van der Waals surface area (Å²) in [7, 11) is 0. The zero-order valence-corrected chi connectivity index (χ0v) is 13.5. The summed E-state index contributed by atoms with van der Waals surface area (Å²) in [5.41, 5.74) is 1.55. The molecule has 0 spiro atoms. The Morgan fingerprint density at radius 1 is 1.18 bits per heavy atom. The van der Waals surface area contributed by atoms with Crippen molar-refractivity contribution in [2.75, 3.05) is 0 Å². The molecule has 4 rings (SSSR count). The molecule has 4 aliphatic carbocycles. The van der Waals surface area contributed by atoms with Crippen molar-refractivity contribution < 1.29 is 4.79 Å². The van der Waals surface area contributed by atoms with Gasteiger partial charge in [-0.3, -0.25) is 4.79 Å². The van der Waals surface area contributed by atoms with E-state index in [1.807, 2.05) is 6.08 Å². The van der Waals surface area contributed by atoms with Gasteiger partial charge >= 0.3 is 0 Å². The van der Waals surface area contributed by atoms with E-state index in [0.717, 1.165) is 0 Å². The van der Waals surface area contributed by atoms with Gasteiger partial charge in [0, 0.05) is 11.3 Å². The van der Waals surface area contributed by atoms with Gasteiger partial charge in [0.2, 0.25) is 0 Å². The second kappa shape index (κ2) is 4.48. The van der Waals surface area contributed by atoms with E-state index in [0.29, 0.717) is 29.1 Å². The number of allylic oxidation sites excluding steroid dienone is 6. The molecule has 0 amide bonds. The van der Waals surface area contributed by atoms with Crippen LogP contribution in [0.5, 0.6) is 0 Å². The molecular formula is C21H24O. The van der Waals surface area contributed by atoms with Crippen molar-refractivity contribution in [1.82, 2.24) is 0 Å². The van der Waals surface area contributed by atoms with E-state index < -0.39 is 0 Å². The highest BCUT2D eigenvalue weighted by Crippen LogP contribution is 2.64. The van der Waals surface area contributed by atoms with Gasteiger partial charge in [-0.15, -0.1) is 12.3 Å². The fraction of sp³-hybridized carbons (Fsp3) is 0.571.